The van der Waals surface area contributed by atoms with Crippen LogP contribution in [0, 0.1) is 0 Å². The van der Waals surface area contributed by atoms with Crippen molar-refractivity contribution in [1.82, 2.24) is 20.2 Å². The molecular formula is C19H23Cl2N7O. The lowest BCUT2D eigenvalue weighted by atomic mass is 10.2. The number of nitrogens with two attached hydrogens (primary N) is 1. The lowest BCUT2D eigenvalue weighted by Gasteiger charge is -2.19. The predicted molar refractivity (Wildman–Crippen MR) is 118 cm³/mol. The number of carbonyl (C=O) groups excluding carboxylic acids is 1. The monoisotopic (exact) mass is 435 g/mol. The van der Waals surface area contributed by atoms with Crippen LogP contribution in [0.4, 0.5) is 11.5 Å². The maximum atomic E-state index is 12.8. The van der Waals surface area contributed by atoms with Gasteiger partial charge in [0.15, 0.2) is 5.82 Å². The van der Waals surface area contributed by atoms with Crippen LogP contribution in [0.5, 0.6) is 0 Å². The molecule has 0 aliphatic carbocycles. The van der Waals surface area contributed by atoms with Crippen molar-refractivity contribution in [3.8, 4) is 11.4 Å². The molecule has 10 heteroatoms. The standard InChI is InChI=1S/C19H21N7O.2ClH/c20-12-16-23-17(25-24-16)13-5-7-14(8-6-13)22-19(27)15-4-3-9-21-18(15)26-10-1-2-11-26;;/h3-9H,1-2,10-12,20H2,(H,22,27)(H,23,24,25);2*1H. The number of hydrogen-bond acceptors (Lipinski definition) is 6. The minimum atomic E-state index is -0.166. The highest BCUT2D eigenvalue weighted by Gasteiger charge is 2.20. The van der Waals surface area contributed by atoms with Gasteiger partial charge in [-0.25, -0.2) is 9.97 Å². The summed E-state index contributed by atoms with van der Waals surface area (Å²) in [5.41, 5.74) is 7.68. The molecule has 1 saturated heterocycles. The first-order chi connectivity index (χ1) is 13.2. The molecule has 1 aliphatic rings. The summed E-state index contributed by atoms with van der Waals surface area (Å²) in [6, 6.07) is 11.0. The van der Waals surface area contributed by atoms with E-state index >= 15 is 0 Å². The maximum absolute atomic E-state index is 12.8. The third kappa shape index (κ3) is 5.03. The number of benzene rings is 1. The molecule has 3 aromatic rings. The van der Waals surface area contributed by atoms with Gasteiger partial charge in [0.2, 0.25) is 0 Å². The van der Waals surface area contributed by atoms with E-state index < -0.39 is 0 Å². The molecular weight excluding hydrogens is 413 g/mol. The third-order valence-electron chi connectivity index (χ3n) is 4.56. The number of nitrogens with zero attached hydrogens (tertiary/aromatic N) is 4. The summed E-state index contributed by atoms with van der Waals surface area (Å²) in [6.45, 7) is 2.19. The summed E-state index contributed by atoms with van der Waals surface area (Å²) in [4.78, 5) is 23.7. The molecule has 3 heterocycles. The summed E-state index contributed by atoms with van der Waals surface area (Å²) >= 11 is 0. The van der Waals surface area contributed by atoms with Gasteiger partial charge >= 0.3 is 0 Å². The van der Waals surface area contributed by atoms with Gasteiger partial charge in [0.25, 0.3) is 5.91 Å². The average Bonchev–Trinajstić information content (AvgIpc) is 3.40. The number of rotatable bonds is 5. The van der Waals surface area contributed by atoms with E-state index in [9.17, 15) is 4.79 Å². The van der Waals surface area contributed by atoms with Crippen LogP contribution in [-0.2, 0) is 6.54 Å². The van der Waals surface area contributed by atoms with E-state index in [1.807, 2.05) is 30.3 Å². The minimum absolute atomic E-state index is 0. The van der Waals surface area contributed by atoms with Crippen LogP contribution in [0.25, 0.3) is 11.4 Å². The van der Waals surface area contributed by atoms with Crippen LogP contribution in [0.3, 0.4) is 0 Å². The Bertz CT molecular complexity index is 940. The van der Waals surface area contributed by atoms with Crippen molar-refractivity contribution in [2.45, 2.75) is 19.4 Å². The van der Waals surface area contributed by atoms with E-state index in [2.05, 4.69) is 30.4 Å². The molecule has 154 valence electrons. The van der Waals surface area contributed by atoms with E-state index in [4.69, 9.17) is 5.73 Å². The summed E-state index contributed by atoms with van der Waals surface area (Å²) in [6.07, 6.45) is 3.99. The quantitative estimate of drug-likeness (QED) is 0.567. The molecule has 0 atom stereocenters. The van der Waals surface area contributed by atoms with Gasteiger partial charge in [0.1, 0.15) is 11.6 Å². The molecule has 8 nitrogen and oxygen atoms in total. The van der Waals surface area contributed by atoms with Crippen molar-refractivity contribution in [1.29, 1.82) is 0 Å². The Morgan fingerprint density at radius 3 is 2.52 bits per heavy atom. The van der Waals surface area contributed by atoms with Crippen LogP contribution in [0.2, 0.25) is 0 Å². The molecule has 0 saturated carbocycles. The molecule has 1 amide bonds. The molecule has 4 N–H and O–H groups in total. The fourth-order valence-corrected chi connectivity index (χ4v) is 3.17. The summed E-state index contributed by atoms with van der Waals surface area (Å²) in [7, 11) is 0. The van der Waals surface area contributed by atoms with E-state index in [1.54, 1.807) is 12.3 Å². The molecule has 29 heavy (non-hydrogen) atoms. The second-order valence-electron chi connectivity index (χ2n) is 6.41. The van der Waals surface area contributed by atoms with Gasteiger partial charge in [-0.1, -0.05) is 0 Å². The Morgan fingerprint density at radius 1 is 1.14 bits per heavy atom. The van der Waals surface area contributed by atoms with Crippen LogP contribution in [-0.4, -0.2) is 39.2 Å². The number of halogens is 2. The topological polar surface area (TPSA) is 113 Å². The largest absolute Gasteiger partial charge is 0.356 e. The fourth-order valence-electron chi connectivity index (χ4n) is 3.17. The molecule has 4 rings (SSSR count). The van der Waals surface area contributed by atoms with E-state index in [0.717, 1.165) is 37.3 Å². The minimum Gasteiger partial charge on any atom is -0.356 e. The summed E-state index contributed by atoms with van der Waals surface area (Å²) in [5.74, 6) is 1.80. The fraction of sp³-hybridized carbons (Fsp3) is 0.263. The van der Waals surface area contributed by atoms with Crippen LogP contribution >= 0.6 is 24.8 Å². The molecule has 1 aliphatic heterocycles. The third-order valence-corrected chi connectivity index (χ3v) is 4.56. The number of nitrogens with one attached hydrogen (secondary N) is 2. The van der Waals surface area contributed by atoms with Crippen LogP contribution in [0.1, 0.15) is 29.0 Å². The van der Waals surface area contributed by atoms with Gasteiger partial charge in [-0.05, 0) is 49.2 Å². The van der Waals surface area contributed by atoms with Gasteiger partial charge in [-0.3, -0.25) is 9.89 Å². The van der Waals surface area contributed by atoms with E-state index in [1.165, 1.54) is 0 Å². The number of aromatic nitrogens is 4. The predicted octanol–water partition coefficient (Wildman–Crippen LogP) is 3.02. The summed E-state index contributed by atoms with van der Waals surface area (Å²) < 4.78 is 0. The molecule has 0 radical (unpaired) electrons. The first-order valence-electron chi connectivity index (χ1n) is 8.97. The molecule has 0 spiro atoms. The summed E-state index contributed by atoms with van der Waals surface area (Å²) in [5, 5.41) is 9.86. The van der Waals surface area contributed by atoms with Gasteiger partial charge in [-0.2, -0.15) is 5.10 Å². The Morgan fingerprint density at radius 2 is 1.86 bits per heavy atom. The normalized spacial score (nSPS) is 12.8. The highest BCUT2D eigenvalue weighted by molar-refractivity contribution is 6.07. The Balaban J connectivity index is 0.00000150. The molecule has 2 aromatic heterocycles. The Labute approximate surface area is 181 Å². The smallest absolute Gasteiger partial charge is 0.259 e. The van der Waals surface area contributed by atoms with Gasteiger partial charge in [-0.15, -0.1) is 24.8 Å². The SMILES string of the molecule is Cl.Cl.NCc1nc(-c2ccc(NC(=O)c3cccnc3N3CCCC3)cc2)n[nH]1. The Hall–Kier alpha value is -2.68. The molecule has 1 aromatic carbocycles. The van der Waals surface area contributed by atoms with Gasteiger partial charge in [0, 0.05) is 30.5 Å². The zero-order chi connectivity index (χ0) is 18.6. The van der Waals surface area contributed by atoms with Crippen LogP contribution < -0.4 is 16.0 Å². The maximum Gasteiger partial charge on any atom is 0.259 e. The van der Waals surface area contributed by atoms with Crippen molar-refractivity contribution in [2.75, 3.05) is 23.3 Å². The van der Waals surface area contributed by atoms with Crippen molar-refractivity contribution < 1.29 is 4.79 Å². The van der Waals surface area contributed by atoms with Crippen molar-refractivity contribution in [2.24, 2.45) is 5.73 Å². The highest BCUT2D eigenvalue weighted by Crippen LogP contribution is 2.23. The second-order valence-corrected chi connectivity index (χ2v) is 6.41. The number of pyridine rings is 1. The van der Waals surface area contributed by atoms with Crippen molar-refractivity contribution in [3.63, 3.8) is 0 Å². The Kier molecular flexibility index (Phi) is 7.95. The van der Waals surface area contributed by atoms with Crippen LogP contribution in [0.15, 0.2) is 42.6 Å². The van der Waals surface area contributed by atoms with E-state index in [0.29, 0.717) is 29.4 Å². The average molecular weight is 436 g/mol. The first-order valence-corrected chi connectivity index (χ1v) is 8.97. The molecule has 0 bridgehead atoms. The first kappa shape index (κ1) is 22.6. The van der Waals surface area contributed by atoms with Crippen molar-refractivity contribution in [3.05, 3.63) is 54.0 Å². The zero-order valence-corrected chi connectivity index (χ0v) is 17.3. The highest BCUT2D eigenvalue weighted by atomic mass is 35.5. The number of carbonyl (C=O) groups is 1. The molecule has 0 unspecified atom stereocenters. The lowest BCUT2D eigenvalue weighted by Crippen LogP contribution is -2.24. The molecule has 1 fully saturated rings. The lowest BCUT2D eigenvalue weighted by molar-refractivity contribution is 0.102. The van der Waals surface area contributed by atoms with Gasteiger partial charge in [0.05, 0.1) is 12.1 Å². The number of amides is 1. The second kappa shape index (κ2) is 10.2. The number of aromatic amines is 1. The zero-order valence-electron chi connectivity index (χ0n) is 15.7. The number of H-pyrrole nitrogens is 1. The van der Waals surface area contributed by atoms with Gasteiger partial charge < -0.3 is 16.0 Å². The van der Waals surface area contributed by atoms with Crippen molar-refractivity contribution >= 4 is 42.2 Å². The number of hydrogen-bond donors (Lipinski definition) is 3. The van der Waals surface area contributed by atoms with E-state index in [-0.39, 0.29) is 30.7 Å². The number of anilines is 2.